The molecular weight excluding hydrogens is 334 g/mol. The zero-order valence-corrected chi connectivity index (χ0v) is 15.5. The number of ether oxygens (including phenoxy) is 1. The average Bonchev–Trinajstić information content (AvgIpc) is 2.55. The maximum absolute atomic E-state index is 12.3. The normalized spacial score (nSPS) is 24.2. The average molecular weight is 365 g/mol. The summed E-state index contributed by atoms with van der Waals surface area (Å²) in [6.45, 7) is 3.66. The van der Waals surface area contributed by atoms with Gasteiger partial charge in [0, 0.05) is 33.3 Å². The van der Waals surface area contributed by atoms with E-state index in [0.717, 1.165) is 32.4 Å². The van der Waals surface area contributed by atoms with E-state index in [1.165, 1.54) is 12.8 Å². The van der Waals surface area contributed by atoms with Crippen LogP contribution in [-0.4, -0.2) is 82.2 Å². The Balaban J connectivity index is 0.000000891. The molecule has 2 fully saturated rings. The van der Waals surface area contributed by atoms with Gasteiger partial charge in [0.2, 0.25) is 0 Å². The predicted octanol–water partition coefficient (Wildman–Crippen LogP) is 0.364. The number of nitrogens with one attached hydrogen (secondary N) is 1. The van der Waals surface area contributed by atoms with Crippen LogP contribution < -0.4 is 4.72 Å². The van der Waals surface area contributed by atoms with Gasteiger partial charge in [0.15, 0.2) is 0 Å². The van der Waals surface area contributed by atoms with E-state index in [2.05, 4.69) is 16.7 Å². The lowest BCUT2D eigenvalue weighted by molar-refractivity contribution is -0.122. The van der Waals surface area contributed by atoms with E-state index in [9.17, 15) is 8.42 Å². The number of piperidine rings is 2. The Morgan fingerprint density at radius 2 is 1.88 bits per heavy atom. The van der Waals surface area contributed by atoms with E-state index in [0.29, 0.717) is 25.6 Å². The smallest absolute Gasteiger partial charge is 0.290 e. The molecule has 1 unspecified atom stereocenters. The van der Waals surface area contributed by atoms with Gasteiger partial charge in [-0.3, -0.25) is 4.79 Å². The summed E-state index contributed by atoms with van der Waals surface area (Å²) >= 11 is 0. The molecule has 2 aliphatic heterocycles. The molecular formula is C15H31N3O5S. The van der Waals surface area contributed by atoms with Gasteiger partial charge in [-0.25, -0.2) is 4.72 Å². The molecule has 2 N–H and O–H groups in total. The molecule has 0 aromatic carbocycles. The Bertz CT molecular complexity index is 452. The number of nitrogens with zero attached hydrogens (tertiary/aromatic N) is 2. The van der Waals surface area contributed by atoms with Crippen LogP contribution in [0.5, 0.6) is 0 Å². The van der Waals surface area contributed by atoms with Gasteiger partial charge in [-0.15, -0.1) is 0 Å². The van der Waals surface area contributed by atoms with Crippen LogP contribution in [0.1, 0.15) is 32.1 Å². The highest BCUT2D eigenvalue weighted by Crippen LogP contribution is 2.18. The van der Waals surface area contributed by atoms with Gasteiger partial charge < -0.3 is 14.7 Å². The SMILES string of the molecule is COC1CCN(S(=O)(=O)NCCC2CCCN(C)C2)CC1.O=CO. The summed E-state index contributed by atoms with van der Waals surface area (Å²) < 4.78 is 34.1. The summed E-state index contributed by atoms with van der Waals surface area (Å²) in [7, 11) is 0.509. The molecule has 0 radical (unpaired) electrons. The van der Waals surface area contributed by atoms with Crippen molar-refractivity contribution < 1.29 is 23.1 Å². The fraction of sp³-hybridized carbons (Fsp3) is 0.933. The second-order valence-electron chi connectivity index (χ2n) is 6.40. The molecule has 2 saturated heterocycles. The Morgan fingerprint density at radius 3 is 2.42 bits per heavy atom. The second kappa shape index (κ2) is 11.0. The molecule has 0 aromatic rings. The summed E-state index contributed by atoms with van der Waals surface area (Å²) in [6, 6.07) is 0. The first-order valence-corrected chi connectivity index (χ1v) is 9.90. The van der Waals surface area contributed by atoms with Gasteiger partial charge in [0.1, 0.15) is 0 Å². The molecule has 1 atom stereocenters. The number of methoxy groups -OCH3 is 1. The third-order valence-corrected chi connectivity index (χ3v) is 6.25. The highest BCUT2D eigenvalue weighted by atomic mass is 32.2. The molecule has 0 bridgehead atoms. The number of carbonyl (C=O) groups is 1. The standard InChI is InChI=1S/C14H29N3O3S.CH2O2/c1-16-9-3-4-13(12-16)5-8-15-21(18,19)17-10-6-14(20-2)7-11-17;2-1-3/h13-15H,3-12H2,1-2H3;1H,(H,2,3). The quantitative estimate of drug-likeness (QED) is 0.660. The number of rotatable bonds is 6. The van der Waals surface area contributed by atoms with Crippen LogP contribution in [0.25, 0.3) is 0 Å². The zero-order chi connectivity index (χ0) is 18.0. The van der Waals surface area contributed by atoms with Crippen LogP contribution in [0.4, 0.5) is 0 Å². The van der Waals surface area contributed by atoms with Gasteiger partial charge >= 0.3 is 0 Å². The summed E-state index contributed by atoms with van der Waals surface area (Å²) in [4.78, 5) is 10.7. The van der Waals surface area contributed by atoms with Gasteiger partial charge in [-0.2, -0.15) is 12.7 Å². The highest BCUT2D eigenvalue weighted by Gasteiger charge is 2.27. The Kier molecular flexibility index (Phi) is 9.75. The van der Waals surface area contributed by atoms with Crippen molar-refractivity contribution in [2.24, 2.45) is 5.92 Å². The Hall–Kier alpha value is -0.740. The van der Waals surface area contributed by atoms with Crippen LogP contribution in [0.2, 0.25) is 0 Å². The van der Waals surface area contributed by atoms with Gasteiger partial charge in [-0.05, 0) is 51.6 Å². The van der Waals surface area contributed by atoms with E-state index >= 15 is 0 Å². The van der Waals surface area contributed by atoms with E-state index in [1.54, 1.807) is 11.4 Å². The van der Waals surface area contributed by atoms with E-state index in [1.807, 2.05) is 0 Å². The molecule has 8 nitrogen and oxygen atoms in total. The number of likely N-dealkylation sites (tertiary alicyclic amines) is 1. The van der Waals surface area contributed by atoms with Crippen LogP contribution in [0.15, 0.2) is 0 Å². The van der Waals surface area contributed by atoms with Crippen molar-refractivity contribution >= 4 is 16.7 Å². The largest absolute Gasteiger partial charge is 0.483 e. The minimum Gasteiger partial charge on any atom is -0.483 e. The van der Waals surface area contributed by atoms with Crippen LogP contribution in [0.3, 0.4) is 0 Å². The molecule has 0 saturated carbocycles. The van der Waals surface area contributed by atoms with Gasteiger partial charge in [-0.1, -0.05) is 0 Å². The van der Waals surface area contributed by atoms with Crippen molar-refractivity contribution in [1.82, 2.24) is 13.9 Å². The van der Waals surface area contributed by atoms with Gasteiger partial charge in [0.25, 0.3) is 16.7 Å². The highest BCUT2D eigenvalue weighted by molar-refractivity contribution is 7.87. The number of carboxylic acid groups (broad SMARTS) is 1. The molecule has 24 heavy (non-hydrogen) atoms. The lowest BCUT2D eigenvalue weighted by Crippen LogP contribution is -2.46. The Labute approximate surface area is 145 Å². The third kappa shape index (κ3) is 7.43. The number of hydrogen-bond acceptors (Lipinski definition) is 5. The molecule has 0 amide bonds. The van der Waals surface area contributed by atoms with E-state index in [4.69, 9.17) is 14.6 Å². The lowest BCUT2D eigenvalue weighted by Gasteiger charge is -2.31. The fourth-order valence-electron chi connectivity index (χ4n) is 3.30. The van der Waals surface area contributed by atoms with E-state index < -0.39 is 10.2 Å². The second-order valence-corrected chi connectivity index (χ2v) is 8.15. The van der Waals surface area contributed by atoms with Crippen molar-refractivity contribution in [3.05, 3.63) is 0 Å². The van der Waals surface area contributed by atoms with Crippen LogP contribution >= 0.6 is 0 Å². The minimum atomic E-state index is -3.32. The predicted molar refractivity (Wildman–Crippen MR) is 92.1 cm³/mol. The topological polar surface area (TPSA) is 99.2 Å². The van der Waals surface area contributed by atoms with Crippen molar-refractivity contribution in [2.75, 3.05) is 46.9 Å². The molecule has 2 heterocycles. The minimum absolute atomic E-state index is 0.203. The van der Waals surface area contributed by atoms with Crippen molar-refractivity contribution in [3.8, 4) is 0 Å². The summed E-state index contributed by atoms with van der Waals surface area (Å²) in [6.07, 6.45) is 5.13. The van der Waals surface area contributed by atoms with Gasteiger partial charge in [0.05, 0.1) is 6.10 Å². The summed E-state index contributed by atoms with van der Waals surface area (Å²) in [5, 5.41) is 6.89. The molecule has 0 spiro atoms. The van der Waals surface area contributed by atoms with E-state index in [-0.39, 0.29) is 12.6 Å². The first-order valence-electron chi connectivity index (χ1n) is 8.46. The van der Waals surface area contributed by atoms with Crippen molar-refractivity contribution in [2.45, 2.75) is 38.2 Å². The molecule has 142 valence electrons. The summed E-state index contributed by atoms with van der Waals surface area (Å²) in [5.41, 5.74) is 0. The lowest BCUT2D eigenvalue weighted by atomic mass is 9.95. The first-order chi connectivity index (χ1) is 11.4. The summed E-state index contributed by atoms with van der Waals surface area (Å²) in [5.74, 6) is 0.616. The monoisotopic (exact) mass is 365 g/mol. The van der Waals surface area contributed by atoms with Crippen LogP contribution in [-0.2, 0) is 19.7 Å². The fourth-order valence-corrected chi connectivity index (χ4v) is 4.55. The Morgan fingerprint density at radius 1 is 1.25 bits per heavy atom. The van der Waals surface area contributed by atoms with Crippen molar-refractivity contribution in [1.29, 1.82) is 0 Å². The molecule has 0 aliphatic carbocycles. The maximum atomic E-state index is 12.3. The molecule has 2 aliphatic rings. The molecule has 0 aromatic heterocycles. The molecule has 9 heteroatoms. The first kappa shape index (κ1) is 21.3. The van der Waals surface area contributed by atoms with Crippen LogP contribution in [0, 0.1) is 5.92 Å². The third-order valence-electron chi connectivity index (χ3n) is 4.63. The number of hydrogen-bond donors (Lipinski definition) is 2. The molecule has 2 rings (SSSR count). The maximum Gasteiger partial charge on any atom is 0.290 e. The van der Waals surface area contributed by atoms with Crippen molar-refractivity contribution in [3.63, 3.8) is 0 Å². The zero-order valence-electron chi connectivity index (χ0n) is 14.7.